The molecule has 10 heteroatoms. The molecule has 1 rings (SSSR count). The third-order valence-corrected chi connectivity index (χ3v) is 3.04. The first kappa shape index (κ1) is 18.0. The summed E-state index contributed by atoms with van der Waals surface area (Å²) in [7, 11) is 0. The molecule has 0 aliphatic carbocycles. The average Bonchev–Trinajstić information content (AvgIpc) is 2.50. The van der Waals surface area contributed by atoms with Gasteiger partial charge in [0.25, 0.3) is 17.3 Å². The monoisotopic (exact) mass is 325 g/mol. The lowest BCUT2D eigenvalue weighted by molar-refractivity contribution is -0.394. The Bertz CT molecular complexity index is 612. The van der Waals surface area contributed by atoms with E-state index in [4.69, 9.17) is 5.11 Å². The Balaban J connectivity index is 3.08. The van der Waals surface area contributed by atoms with Gasteiger partial charge in [-0.15, -0.1) is 0 Å². The maximum Gasteiger partial charge on any atom is 0.326 e. The number of nitrogens with zero attached hydrogens (tertiary/aromatic N) is 2. The lowest BCUT2D eigenvalue weighted by atomic mass is 10.1. The zero-order valence-electron chi connectivity index (χ0n) is 12.2. The number of rotatable bonds is 8. The molecular formula is C13H15N3O7. The second kappa shape index (κ2) is 7.82. The Morgan fingerprint density at radius 1 is 1.17 bits per heavy atom. The van der Waals surface area contributed by atoms with Crippen molar-refractivity contribution in [1.29, 1.82) is 0 Å². The molecule has 0 heterocycles. The van der Waals surface area contributed by atoms with E-state index in [9.17, 15) is 29.8 Å². The number of aliphatic carboxylic acids is 1. The molecule has 0 fully saturated rings. The van der Waals surface area contributed by atoms with E-state index in [2.05, 4.69) is 5.32 Å². The van der Waals surface area contributed by atoms with Crippen LogP contribution in [0.4, 0.5) is 11.4 Å². The van der Waals surface area contributed by atoms with Gasteiger partial charge in [-0.2, -0.15) is 0 Å². The van der Waals surface area contributed by atoms with Crippen LogP contribution in [0.5, 0.6) is 0 Å². The van der Waals surface area contributed by atoms with Crippen LogP contribution in [0, 0.1) is 20.2 Å². The normalized spacial score (nSPS) is 11.5. The van der Waals surface area contributed by atoms with E-state index in [1.807, 2.05) is 6.92 Å². The highest BCUT2D eigenvalue weighted by Gasteiger charge is 2.24. The van der Waals surface area contributed by atoms with Crippen LogP contribution < -0.4 is 5.32 Å². The van der Waals surface area contributed by atoms with Crippen molar-refractivity contribution in [2.24, 2.45) is 0 Å². The minimum absolute atomic E-state index is 0.189. The molecule has 0 spiro atoms. The summed E-state index contributed by atoms with van der Waals surface area (Å²) in [6.45, 7) is 1.85. The van der Waals surface area contributed by atoms with Crippen LogP contribution in [0.3, 0.4) is 0 Å². The number of hydrogen-bond donors (Lipinski definition) is 2. The van der Waals surface area contributed by atoms with Crippen molar-refractivity contribution in [3.63, 3.8) is 0 Å². The molecule has 0 radical (unpaired) electrons. The Kier molecular flexibility index (Phi) is 6.13. The first-order valence-electron chi connectivity index (χ1n) is 6.73. The lowest BCUT2D eigenvalue weighted by Gasteiger charge is -2.14. The molecule has 1 aromatic rings. The van der Waals surface area contributed by atoms with E-state index in [0.717, 1.165) is 24.6 Å². The highest BCUT2D eigenvalue weighted by atomic mass is 16.6. The number of carbonyl (C=O) groups excluding carboxylic acids is 1. The van der Waals surface area contributed by atoms with Gasteiger partial charge in [0.05, 0.1) is 21.5 Å². The molecule has 0 aliphatic rings. The van der Waals surface area contributed by atoms with E-state index in [1.54, 1.807) is 0 Å². The van der Waals surface area contributed by atoms with Gasteiger partial charge in [0, 0.05) is 12.1 Å². The number of unbranched alkanes of at least 4 members (excludes halogenated alkanes) is 1. The van der Waals surface area contributed by atoms with Crippen molar-refractivity contribution in [1.82, 2.24) is 5.32 Å². The molecule has 0 saturated heterocycles. The Hall–Kier alpha value is -3.04. The van der Waals surface area contributed by atoms with E-state index < -0.39 is 39.1 Å². The van der Waals surface area contributed by atoms with Crippen molar-refractivity contribution in [3.8, 4) is 0 Å². The fourth-order valence-corrected chi connectivity index (χ4v) is 1.84. The molecule has 0 aromatic heterocycles. The molecule has 1 amide bonds. The second-order valence-electron chi connectivity index (χ2n) is 4.76. The number of non-ortho nitro benzene ring substituents is 2. The van der Waals surface area contributed by atoms with Crippen LogP contribution in [0.15, 0.2) is 18.2 Å². The van der Waals surface area contributed by atoms with Gasteiger partial charge in [-0.05, 0) is 6.42 Å². The number of nitro benzene ring substituents is 2. The predicted molar refractivity (Wildman–Crippen MR) is 78.2 cm³/mol. The fraction of sp³-hybridized carbons (Fsp3) is 0.385. The lowest BCUT2D eigenvalue weighted by Crippen LogP contribution is -2.40. The molecule has 124 valence electrons. The topological polar surface area (TPSA) is 153 Å². The summed E-state index contributed by atoms with van der Waals surface area (Å²) in [4.78, 5) is 43.0. The van der Waals surface area contributed by atoms with Gasteiger partial charge in [-0.25, -0.2) is 4.79 Å². The average molecular weight is 325 g/mol. The molecule has 0 saturated carbocycles. The van der Waals surface area contributed by atoms with E-state index >= 15 is 0 Å². The van der Waals surface area contributed by atoms with Gasteiger partial charge >= 0.3 is 5.97 Å². The highest BCUT2D eigenvalue weighted by Crippen LogP contribution is 2.22. The summed E-state index contributed by atoms with van der Waals surface area (Å²) in [5, 5.41) is 32.8. The SMILES string of the molecule is CCCC[C@H](NC(=O)c1cc([N+](=O)[O-])cc([N+](=O)[O-])c1)C(=O)O. The smallest absolute Gasteiger partial charge is 0.326 e. The number of nitrogens with one attached hydrogen (secondary N) is 1. The van der Waals surface area contributed by atoms with Gasteiger partial charge < -0.3 is 10.4 Å². The molecule has 10 nitrogen and oxygen atoms in total. The maximum atomic E-state index is 12.1. The number of carboxylic acid groups (broad SMARTS) is 1. The number of amides is 1. The summed E-state index contributed by atoms with van der Waals surface area (Å²) in [5.74, 6) is -2.16. The standard InChI is InChI=1S/C13H15N3O7/c1-2-3-4-11(13(18)19)14-12(17)8-5-9(15(20)21)7-10(6-8)16(22)23/h5-7,11H,2-4H2,1H3,(H,14,17)(H,18,19)/t11-/m0/s1. The summed E-state index contributed by atoms with van der Waals surface area (Å²) in [6.07, 6.45) is 1.48. The largest absolute Gasteiger partial charge is 0.480 e. The zero-order chi connectivity index (χ0) is 17.6. The molecule has 1 atom stereocenters. The van der Waals surface area contributed by atoms with Crippen molar-refractivity contribution in [2.75, 3.05) is 0 Å². The number of carbonyl (C=O) groups is 2. The van der Waals surface area contributed by atoms with Crippen molar-refractivity contribution >= 4 is 23.3 Å². The number of benzene rings is 1. The quantitative estimate of drug-likeness (QED) is 0.546. The summed E-state index contributed by atoms with van der Waals surface area (Å²) in [5.41, 5.74) is -1.58. The molecule has 1 aromatic carbocycles. The van der Waals surface area contributed by atoms with Crippen molar-refractivity contribution in [2.45, 2.75) is 32.2 Å². The van der Waals surface area contributed by atoms with E-state index in [0.29, 0.717) is 6.42 Å². The second-order valence-corrected chi connectivity index (χ2v) is 4.76. The third kappa shape index (κ3) is 5.02. The maximum absolute atomic E-state index is 12.1. The number of carboxylic acids is 1. The van der Waals surface area contributed by atoms with Crippen LogP contribution in [0.2, 0.25) is 0 Å². The van der Waals surface area contributed by atoms with Crippen LogP contribution in [-0.4, -0.2) is 32.9 Å². The zero-order valence-corrected chi connectivity index (χ0v) is 12.2. The predicted octanol–water partition coefficient (Wildman–Crippen LogP) is 1.88. The first-order chi connectivity index (χ1) is 10.8. The summed E-state index contributed by atoms with van der Waals surface area (Å²) in [6, 6.07) is 1.28. The molecular weight excluding hydrogens is 310 g/mol. The third-order valence-electron chi connectivity index (χ3n) is 3.04. The Labute approximate surface area is 130 Å². The number of hydrogen-bond acceptors (Lipinski definition) is 6. The molecule has 0 unspecified atom stereocenters. The highest BCUT2D eigenvalue weighted by molar-refractivity contribution is 5.97. The number of nitro groups is 2. The van der Waals surface area contributed by atoms with E-state index in [1.165, 1.54) is 0 Å². The molecule has 23 heavy (non-hydrogen) atoms. The summed E-state index contributed by atoms with van der Waals surface area (Å²) < 4.78 is 0. The van der Waals surface area contributed by atoms with Crippen LogP contribution in [0.1, 0.15) is 36.5 Å². The van der Waals surface area contributed by atoms with Gasteiger partial charge in [-0.3, -0.25) is 25.0 Å². The summed E-state index contributed by atoms with van der Waals surface area (Å²) >= 11 is 0. The molecule has 0 aliphatic heterocycles. The van der Waals surface area contributed by atoms with E-state index in [-0.39, 0.29) is 12.0 Å². The first-order valence-corrected chi connectivity index (χ1v) is 6.73. The molecule has 0 bridgehead atoms. The van der Waals surface area contributed by atoms with Crippen LogP contribution in [-0.2, 0) is 4.79 Å². The van der Waals surface area contributed by atoms with Gasteiger partial charge in [0.1, 0.15) is 6.04 Å². The van der Waals surface area contributed by atoms with Gasteiger partial charge in [0.2, 0.25) is 0 Å². The van der Waals surface area contributed by atoms with Crippen LogP contribution in [0.25, 0.3) is 0 Å². The van der Waals surface area contributed by atoms with Crippen molar-refractivity contribution in [3.05, 3.63) is 44.0 Å². The Morgan fingerprint density at radius 3 is 2.09 bits per heavy atom. The van der Waals surface area contributed by atoms with Gasteiger partial charge in [0.15, 0.2) is 0 Å². The van der Waals surface area contributed by atoms with Crippen LogP contribution >= 0.6 is 0 Å². The fourth-order valence-electron chi connectivity index (χ4n) is 1.84. The Morgan fingerprint density at radius 2 is 1.70 bits per heavy atom. The van der Waals surface area contributed by atoms with Crippen molar-refractivity contribution < 1.29 is 24.5 Å². The minimum Gasteiger partial charge on any atom is -0.480 e. The minimum atomic E-state index is -1.24. The molecule has 2 N–H and O–H groups in total. The van der Waals surface area contributed by atoms with Gasteiger partial charge in [-0.1, -0.05) is 19.8 Å².